The number of fused-ring (bicyclic) bond motifs is 1. The van der Waals surface area contributed by atoms with Crippen LogP contribution in [0.2, 0.25) is 5.28 Å². The lowest BCUT2D eigenvalue weighted by Gasteiger charge is -2.35. The molecule has 0 N–H and O–H groups in total. The molecule has 4 rings (SSSR count). The average molecular weight is 431 g/mol. The largest absolute Gasteiger partial charge is 0.450 e. The van der Waals surface area contributed by atoms with Gasteiger partial charge in [0.15, 0.2) is 0 Å². The number of nitrogens with zero attached hydrogens (tertiary/aromatic N) is 4. The molecule has 2 aromatic heterocycles. The first-order valence-corrected chi connectivity index (χ1v) is 10.9. The molecule has 3 heterocycles. The Morgan fingerprint density at radius 2 is 1.93 bits per heavy atom. The van der Waals surface area contributed by atoms with Crippen molar-refractivity contribution in [1.82, 2.24) is 14.9 Å². The van der Waals surface area contributed by atoms with Crippen LogP contribution in [0, 0.1) is 13.8 Å². The molecule has 8 heteroatoms. The monoisotopic (exact) mass is 430 g/mol. The number of hydrogen-bond donors (Lipinski definition) is 0. The predicted octanol–water partition coefficient (Wildman–Crippen LogP) is 4.91. The quantitative estimate of drug-likeness (QED) is 0.552. The Labute approximate surface area is 179 Å². The number of aromatic nitrogens is 2. The van der Waals surface area contributed by atoms with Gasteiger partial charge in [-0.05, 0) is 43.5 Å². The molecule has 0 saturated carbocycles. The van der Waals surface area contributed by atoms with Crippen molar-refractivity contribution in [2.24, 2.45) is 0 Å². The van der Waals surface area contributed by atoms with Gasteiger partial charge in [0.25, 0.3) is 0 Å². The molecule has 0 radical (unpaired) electrons. The fourth-order valence-corrected chi connectivity index (χ4v) is 4.90. The number of ether oxygens (including phenoxy) is 1. The summed E-state index contributed by atoms with van der Waals surface area (Å²) in [5.74, 6) is 0.833. The molecule has 0 spiro atoms. The van der Waals surface area contributed by atoms with E-state index >= 15 is 0 Å². The smallest absolute Gasteiger partial charge is 0.409 e. The van der Waals surface area contributed by atoms with E-state index in [1.165, 1.54) is 16.7 Å². The number of aryl methyl sites for hydroxylation is 2. The number of anilines is 1. The zero-order valence-corrected chi connectivity index (χ0v) is 18.3. The van der Waals surface area contributed by atoms with Crippen LogP contribution in [-0.4, -0.2) is 53.7 Å². The van der Waals surface area contributed by atoms with Crippen molar-refractivity contribution in [3.8, 4) is 11.1 Å². The van der Waals surface area contributed by atoms with E-state index in [9.17, 15) is 4.79 Å². The Morgan fingerprint density at radius 1 is 1.17 bits per heavy atom. The highest BCUT2D eigenvalue weighted by Crippen LogP contribution is 2.40. The van der Waals surface area contributed by atoms with Crippen LogP contribution in [0.1, 0.15) is 18.1 Å². The maximum Gasteiger partial charge on any atom is 0.409 e. The van der Waals surface area contributed by atoms with Crippen molar-refractivity contribution in [2.75, 3.05) is 37.7 Å². The maximum atomic E-state index is 12.0. The minimum absolute atomic E-state index is 0.245. The number of benzene rings is 1. The molecule has 0 atom stereocenters. The van der Waals surface area contributed by atoms with Gasteiger partial charge in [-0.25, -0.2) is 9.78 Å². The summed E-state index contributed by atoms with van der Waals surface area (Å²) in [5, 5.41) is 3.40. The Bertz CT molecular complexity index is 1060. The van der Waals surface area contributed by atoms with Gasteiger partial charge in [0.05, 0.1) is 12.0 Å². The van der Waals surface area contributed by atoms with E-state index in [0.29, 0.717) is 32.8 Å². The number of carbonyl (C=O) groups is 1. The van der Waals surface area contributed by atoms with Gasteiger partial charge in [-0.15, -0.1) is 11.3 Å². The first kappa shape index (κ1) is 19.9. The molecule has 1 amide bonds. The molecular weight excluding hydrogens is 408 g/mol. The second kappa shape index (κ2) is 8.16. The summed E-state index contributed by atoms with van der Waals surface area (Å²) < 4.78 is 5.12. The van der Waals surface area contributed by atoms with E-state index in [2.05, 4.69) is 52.3 Å². The number of halogens is 1. The fraction of sp³-hybridized carbons (Fsp3) is 0.381. The summed E-state index contributed by atoms with van der Waals surface area (Å²) in [7, 11) is 0. The molecule has 3 aromatic rings. The first-order chi connectivity index (χ1) is 14.0. The van der Waals surface area contributed by atoms with Gasteiger partial charge in [0, 0.05) is 37.1 Å². The van der Waals surface area contributed by atoms with Crippen molar-refractivity contribution in [3.05, 3.63) is 40.0 Å². The van der Waals surface area contributed by atoms with Gasteiger partial charge in [-0.3, -0.25) is 0 Å². The minimum atomic E-state index is -0.260. The standard InChI is InChI=1S/C21H23ClN4O2S/c1-4-28-21(27)26-9-7-25(8-10-26)18-17-16(12-29-19(17)24-20(22)23-18)15-6-5-13(2)11-14(15)3/h5-6,11-12H,4,7-10H2,1-3H3. The van der Waals surface area contributed by atoms with Gasteiger partial charge < -0.3 is 14.5 Å². The zero-order valence-electron chi connectivity index (χ0n) is 16.7. The van der Waals surface area contributed by atoms with Crippen molar-refractivity contribution in [1.29, 1.82) is 0 Å². The number of amides is 1. The maximum absolute atomic E-state index is 12.0. The summed E-state index contributed by atoms with van der Waals surface area (Å²) >= 11 is 7.82. The molecule has 152 valence electrons. The molecular formula is C21H23ClN4O2S. The molecule has 1 fully saturated rings. The minimum Gasteiger partial charge on any atom is -0.450 e. The predicted molar refractivity (Wildman–Crippen MR) is 118 cm³/mol. The molecule has 1 aliphatic heterocycles. The lowest BCUT2D eigenvalue weighted by atomic mass is 9.99. The molecule has 1 aromatic carbocycles. The lowest BCUT2D eigenvalue weighted by molar-refractivity contribution is 0.105. The summed E-state index contributed by atoms with van der Waals surface area (Å²) in [5.41, 5.74) is 4.76. The van der Waals surface area contributed by atoms with Crippen molar-refractivity contribution >= 4 is 45.1 Å². The van der Waals surface area contributed by atoms with Crippen LogP contribution in [-0.2, 0) is 4.74 Å². The molecule has 1 saturated heterocycles. The van der Waals surface area contributed by atoms with Crippen LogP contribution in [0.15, 0.2) is 23.6 Å². The third kappa shape index (κ3) is 3.89. The Morgan fingerprint density at radius 3 is 2.62 bits per heavy atom. The van der Waals surface area contributed by atoms with Crippen molar-refractivity contribution in [2.45, 2.75) is 20.8 Å². The van der Waals surface area contributed by atoms with E-state index in [1.807, 2.05) is 6.92 Å². The number of rotatable bonds is 3. The third-order valence-electron chi connectivity index (χ3n) is 5.16. The Hall–Kier alpha value is -2.38. The fourth-order valence-electron chi connectivity index (χ4n) is 3.76. The highest BCUT2D eigenvalue weighted by Gasteiger charge is 2.26. The topological polar surface area (TPSA) is 58.6 Å². The van der Waals surface area contributed by atoms with Crippen LogP contribution >= 0.6 is 22.9 Å². The van der Waals surface area contributed by atoms with Crippen LogP contribution < -0.4 is 4.90 Å². The summed E-state index contributed by atoms with van der Waals surface area (Å²) in [6, 6.07) is 6.47. The molecule has 0 bridgehead atoms. The van der Waals surface area contributed by atoms with Gasteiger partial charge >= 0.3 is 6.09 Å². The van der Waals surface area contributed by atoms with Crippen molar-refractivity contribution in [3.63, 3.8) is 0 Å². The van der Waals surface area contributed by atoms with Gasteiger partial charge in [-0.2, -0.15) is 4.98 Å². The molecule has 0 unspecified atom stereocenters. The zero-order chi connectivity index (χ0) is 20.5. The Kier molecular flexibility index (Phi) is 5.61. The normalized spacial score (nSPS) is 14.5. The first-order valence-electron chi connectivity index (χ1n) is 9.67. The second-order valence-corrected chi connectivity index (χ2v) is 8.33. The van der Waals surface area contributed by atoms with Gasteiger partial charge in [-0.1, -0.05) is 23.8 Å². The van der Waals surface area contributed by atoms with E-state index in [0.717, 1.165) is 21.6 Å². The van der Waals surface area contributed by atoms with Crippen molar-refractivity contribution < 1.29 is 9.53 Å². The highest BCUT2D eigenvalue weighted by molar-refractivity contribution is 7.17. The summed E-state index contributed by atoms with van der Waals surface area (Å²) in [6.45, 7) is 8.94. The summed E-state index contributed by atoms with van der Waals surface area (Å²) in [4.78, 5) is 25.9. The molecule has 29 heavy (non-hydrogen) atoms. The number of piperazine rings is 1. The number of carbonyl (C=O) groups excluding carboxylic acids is 1. The highest BCUT2D eigenvalue weighted by atomic mass is 35.5. The number of thiophene rings is 1. The molecule has 6 nitrogen and oxygen atoms in total. The number of hydrogen-bond acceptors (Lipinski definition) is 6. The van der Waals surface area contributed by atoms with E-state index in [-0.39, 0.29) is 11.4 Å². The van der Waals surface area contributed by atoms with Gasteiger partial charge in [0.2, 0.25) is 5.28 Å². The van der Waals surface area contributed by atoms with Gasteiger partial charge in [0.1, 0.15) is 10.6 Å². The lowest BCUT2D eigenvalue weighted by Crippen LogP contribution is -2.49. The molecule has 0 aliphatic carbocycles. The molecule has 1 aliphatic rings. The second-order valence-electron chi connectivity index (χ2n) is 7.14. The van der Waals surface area contributed by atoms with Crippen LogP contribution in [0.5, 0.6) is 0 Å². The van der Waals surface area contributed by atoms with E-state index in [1.54, 1.807) is 16.2 Å². The van der Waals surface area contributed by atoms with E-state index < -0.39 is 0 Å². The van der Waals surface area contributed by atoms with Crippen LogP contribution in [0.3, 0.4) is 0 Å². The van der Waals surface area contributed by atoms with Crippen LogP contribution in [0.4, 0.5) is 10.6 Å². The Balaban J connectivity index is 1.72. The summed E-state index contributed by atoms with van der Waals surface area (Å²) in [6.07, 6.45) is -0.260. The van der Waals surface area contributed by atoms with E-state index in [4.69, 9.17) is 16.3 Å². The van der Waals surface area contributed by atoms with Crippen LogP contribution in [0.25, 0.3) is 21.3 Å². The average Bonchev–Trinajstić information content (AvgIpc) is 3.11. The third-order valence-corrected chi connectivity index (χ3v) is 6.21. The SMILES string of the molecule is CCOC(=O)N1CCN(c2nc(Cl)nc3scc(-c4ccc(C)cc4C)c23)CC1.